The van der Waals surface area contributed by atoms with Crippen LogP contribution in [0.15, 0.2) is 58.7 Å². The van der Waals surface area contributed by atoms with Gasteiger partial charge in [-0.2, -0.15) is 5.06 Å². The summed E-state index contributed by atoms with van der Waals surface area (Å²) in [4.78, 5) is 50.9. The van der Waals surface area contributed by atoms with Crippen LogP contribution in [-0.4, -0.2) is 38.8 Å². The highest BCUT2D eigenvalue weighted by molar-refractivity contribution is 6.23. The van der Waals surface area contributed by atoms with E-state index in [-0.39, 0.29) is 35.2 Å². The molecule has 152 valence electrons. The molecule has 0 saturated carbocycles. The van der Waals surface area contributed by atoms with Gasteiger partial charge in [-0.1, -0.05) is 23.8 Å². The maximum atomic E-state index is 13.1. The van der Waals surface area contributed by atoms with Crippen molar-refractivity contribution in [2.45, 2.75) is 25.7 Å². The molecule has 1 heterocycles. The van der Waals surface area contributed by atoms with E-state index in [0.29, 0.717) is 22.3 Å². The van der Waals surface area contributed by atoms with Crippen molar-refractivity contribution in [1.29, 1.82) is 0 Å². The second-order valence-electron chi connectivity index (χ2n) is 8.31. The Hall–Kier alpha value is -3.32. The number of fused-ring (bicyclic) bond motifs is 3. The first-order valence-electron chi connectivity index (χ1n) is 9.85. The Labute approximate surface area is 171 Å². The van der Waals surface area contributed by atoms with Gasteiger partial charge in [0.15, 0.2) is 11.6 Å². The zero-order valence-electron chi connectivity index (χ0n) is 16.2. The smallest absolute Gasteiger partial charge is 0.257 e. The average Bonchev–Trinajstić information content (AvgIpc) is 2.95. The van der Waals surface area contributed by atoms with Crippen LogP contribution >= 0.6 is 0 Å². The molecule has 0 unspecified atom stereocenters. The number of carbonyl (C=O) groups is 4. The monoisotopic (exact) mass is 405 g/mol. The zero-order valence-corrected chi connectivity index (χ0v) is 16.2. The standard InChI is InChI=1S/C23H19NO6/c1-10-7-17(26)16-9-15-13(5-6-14-19(15)23(29)24(30)22(14)28)18(20(16)21(10)27)11-3-2-4-12(25)8-11/h2-5,7-8,14-15,18-19,25,30H,6,9H2,1H3/t14-,15+,18-,19-/m0/s1. The van der Waals surface area contributed by atoms with Crippen LogP contribution in [0.5, 0.6) is 5.75 Å². The van der Waals surface area contributed by atoms with Gasteiger partial charge in [0, 0.05) is 22.6 Å². The van der Waals surface area contributed by atoms with E-state index in [2.05, 4.69) is 0 Å². The summed E-state index contributed by atoms with van der Waals surface area (Å²) in [6.45, 7) is 1.60. The molecule has 3 aliphatic carbocycles. The number of phenolic OH excluding ortho intramolecular Hbond substituents is 1. The number of hydroxylamine groups is 2. The van der Waals surface area contributed by atoms with Gasteiger partial charge < -0.3 is 5.11 Å². The van der Waals surface area contributed by atoms with Crippen LogP contribution in [0.1, 0.15) is 31.2 Å². The number of nitrogens with zero attached hydrogens (tertiary/aromatic N) is 1. The minimum Gasteiger partial charge on any atom is -0.508 e. The first kappa shape index (κ1) is 18.7. The van der Waals surface area contributed by atoms with E-state index in [0.717, 1.165) is 5.57 Å². The van der Waals surface area contributed by atoms with Crippen molar-refractivity contribution in [3.05, 3.63) is 64.3 Å². The molecule has 1 saturated heterocycles. The van der Waals surface area contributed by atoms with Gasteiger partial charge in [0.05, 0.1) is 11.8 Å². The average molecular weight is 405 g/mol. The molecule has 5 rings (SSSR count). The largest absolute Gasteiger partial charge is 0.508 e. The van der Waals surface area contributed by atoms with Crippen molar-refractivity contribution in [3.63, 3.8) is 0 Å². The molecule has 2 amide bonds. The number of phenols is 1. The van der Waals surface area contributed by atoms with Gasteiger partial charge >= 0.3 is 0 Å². The van der Waals surface area contributed by atoms with Gasteiger partial charge in [0.2, 0.25) is 0 Å². The van der Waals surface area contributed by atoms with Gasteiger partial charge in [-0.25, -0.2) is 0 Å². The number of benzene rings is 1. The summed E-state index contributed by atoms with van der Waals surface area (Å²) >= 11 is 0. The van der Waals surface area contributed by atoms with Crippen molar-refractivity contribution >= 4 is 23.4 Å². The van der Waals surface area contributed by atoms with E-state index < -0.39 is 35.5 Å². The highest BCUT2D eigenvalue weighted by Gasteiger charge is 2.56. The summed E-state index contributed by atoms with van der Waals surface area (Å²) in [5, 5.41) is 20.1. The Kier molecular flexibility index (Phi) is 3.95. The molecule has 4 aliphatic rings. The fraction of sp³-hybridized carbons (Fsp3) is 0.304. The quantitative estimate of drug-likeness (QED) is 0.321. The normalized spacial score (nSPS) is 30.7. The van der Waals surface area contributed by atoms with Crippen molar-refractivity contribution in [1.82, 2.24) is 5.06 Å². The molecule has 1 aromatic rings. The van der Waals surface area contributed by atoms with Crippen LogP contribution in [0, 0.1) is 17.8 Å². The van der Waals surface area contributed by atoms with Crippen molar-refractivity contribution in [2.75, 3.05) is 0 Å². The van der Waals surface area contributed by atoms with E-state index in [1.807, 2.05) is 6.08 Å². The molecule has 2 N–H and O–H groups in total. The summed E-state index contributed by atoms with van der Waals surface area (Å²) in [7, 11) is 0. The predicted molar refractivity (Wildman–Crippen MR) is 103 cm³/mol. The Bertz CT molecular complexity index is 1140. The Morgan fingerprint density at radius 1 is 1.07 bits per heavy atom. The summed E-state index contributed by atoms with van der Waals surface area (Å²) in [5.41, 5.74) is 2.51. The van der Waals surface area contributed by atoms with E-state index in [1.165, 1.54) is 12.1 Å². The zero-order chi connectivity index (χ0) is 21.3. The Balaban J connectivity index is 1.72. The predicted octanol–water partition coefficient (Wildman–Crippen LogP) is 2.21. The number of carbonyl (C=O) groups excluding carboxylic acids is 4. The first-order valence-corrected chi connectivity index (χ1v) is 9.85. The maximum absolute atomic E-state index is 13.1. The lowest BCUT2D eigenvalue weighted by Gasteiger charge is -2.42. The first-order chi connectivity index (χ1) is 14.3. The molecule has 30 heavy (non-hydrogen) atoms. The minimum absolute atomic E-state index is 0.0292. The fourth-order valence-corrected chi connectivity index (χ4v) is 5.43. The lowest BCUT2D eigenvalue weighted by atomic mass is 9.59. The lowest BCUT2D eigenvalue weighted by Crippen LogP contribution is -2.39. The van der Waals surface area contributed by atoms with Gasteiger partial charge in [-0.05, 0) is 49.5 Å². The van der Waals surface area contributed by atoms with Gasteiger partial charge in [0.1, 0.15) is 5.75 Å². The van der Waals surface area contributed by atoms with Crippen LogP contribution in [0.3, 0.4) is 0 Å². The van der Waals surface area contributed by atoms with Crippen molar-refractivity contribution < 1.29 is 29.5 Å². The van der Waals surface area contributed by atoms with E-state index in [9.17, 15) is 29.5 Å². The molecule has 1 fully saturated rings. The molecule has 4 atom stereocenters. The summed E-state index contributed by atoms with van der Waals surface area (Å²) in [5.74, 6) is -4.28. The maximum Gasteiger partial charge on any atom is 0.257 e. The molecular weight excluding hydrogens is 386 g/mol. The SMILES string of the molecule is CC1=CC(=O)C2=C(C1=O)[C@@H](c1cccc(O)c1)C1=CC[C@@H]3C(=O)N(O)C(=O)[C@@H]3[C@@H]1C2. The van der Waals surface area contributed by atoms with Crippen molar-refractivity contribution in [3.8, 4) is 5.75 Å². The molecule has 0 radical (unpaired) electrons. The Morgan fingerprint density at radius 3 is 2.57 bits per heavy atom. The molecule has 1 aromatic carbocycles. The van der Waals surface area contributed by atoms with Crippen LogP contribution in [0.25, 0.3) is 0 Å². The second kappa shape index (κ2) is 6.34. The summed E-state index contributed by atoms with van der Waals surface area (Å²) in [6, 6.07) is 6.51. The summed E-state index contributed by atoms with van der Waals surface area (Å²) in [6.07, 6.45) is 3.61. The number of imide groups is 1. The molecule has 7 nitrogen and oxygen atoms in total. The molecule has 7 heteroatoms. The van der Waals surface area contributed by atoms with E-state index in [4.69, 9.17) is 0 Å². The number of rotatable bonds is 1. The minimum atomic E-state index is -0.772. The van der Waals surface area contributed by atoms with Crippen LogP contribution in [-0.2, 0) is 19.2 Å². The highest BCUT2D eigenvalue weighted by Crippen LogP contribution is 2.55. The lowest BCUT2D eigenvalue weighted by molar-refractivity contribution is -0.173. The fourth-order valence-electron chi connectivity index (χ4n) is 5.43. The topological polar surface area (TPSA) is 112 Å². The van der Waals surface area contributed by atoms with Crippen molar-refractivity contribution in [2.24, 2.45) is 17.8 Å². The third-order valence-corrected chi connectivity index (χ3v) is 6.75. The van der Waals surface area contributed by atoms with E-state index >= 15 is 0 Å². The Morgan fingerprint density at radius 2 is 1.83 bits per heavy atom. The van der Waals surface area contributed by atoms with Gasteiger partial charge in [-0.3, -0.25) is 24.4 Å². The van der Waals surface area contributed by atoms with Gasteiger partial charge in [0.25, 0.3) is 11.8 Å². The number of hydrogen-bond acceptors (Lipinski definition) is 6. The number of amides is 2. The third-order valence-electron chi connectivity index (χ3n) is 6.75. The number of ketones is 2. The molecule has 0 aromatic heterocycles. The molecule has 0 bridgehead atoms. The summed E-state index contributed by atoms with van der Waals surface area (Å²) < 4.78 is 0. The number of Topliss-reactive ketones (excluding diaryl/α,β-unsaturated/α-hetero) is 1. The number of aromatic hydroxyl groups is 1. The molecule has 0 spiro atoms. The van der Waals surface area contributed by atoms with E-state index in [1.54, 1.807) is 25.1 Å². The number of hydrogen-bond donors (Lipinski definition) is 2. The third kappa shape index (κ3) is 2.42. The second-order valence-corrected chi connectivity index (χ2v) is 8.31. The highest BCUT2D eigenvalue weighted by atomic mass is 16.5. The number of allylic oxidation sites excluding steroid dienone is 6. The van der Waals surface area contributed by atoms with Crippen LogP contribution in [0.2, 0.25) is 0 Å². The van der Waals surface area contributed by atoms with Crippen LogP contribution in [0.4, 0.5) is 0 Å². The van der Waals surface area contributed by atoms with Crippen LogP contribution < -0.4 is 0 Å². The molecular formula is C23H19NO6. The van der Waals surface area contributed by atoms with Gasteiger partial charge in [-0.15, -0.1) is 0 Å². The molecule has 1 aliphatic heterocycles.